The van der Waals surface area contributed by atoms with Gasteiger partial charge in [0.05, 0.1) is 12.2 Å². The summed E-state index contributed by atoms with van der Waals surface area (Å²) in [6.45, 7) is 8.83. The number of aliphatic imine (C=N–C) groups is 1. The van der Waals surface area contributed by atoms with E-state index in [1.807, 2.05) is 18.2 Å². The number of rotatable bonds is 9. The largest absolute Gasteiger partial charge is 0.357 e. The molecule has 1 aromatic heterocycles. The Hall–Kier alpha value is -0.890. The molecule has 1 heterocycles. The van der Waals surface area contributed by atoms with Crippen molar-refractivity contribution in [1.82, 2.24) is 20.5 Å². The molecule has 0 aromatic carbocycles. The minimum atomic E-state index is 0. The number of hydrogen-bond donors (Lipinski definition) is 2. The second kappa shape index (κ2) is 13.8. The molecule has 0 fully saturated rings. The van der Waals surface area contributed by atoms with E-state index < -0.39 is 0 Å². The molecule has 0 amide bonds. The first-order chi connectivity index (χ1) is 10.3. The van der Waals surface area contributed by atoms with Crippen molar-refractivity contribution in [3.05, 3.63) is 30.1 Å². The Labute approximate surface area is 152 Å². The number of pyridine rings is 1. The van der Waals surface area contributed by atoms with Gasteiger partial charge >= 0.3 is 0 Å². The van der Waals surface area contributed by atoms with Crippen molar-refractivity contribution in [1.29, 1.82) is 0 Å². The topological polar surface area (TPSA) is 52.5 Å². The van der Waals surface area contributed by atoms with Crippen LogP contribution >= 0.6 is 24.0 Å². The van der Waals surface area contributed by atoms with Crippen molar-refractivity contribution in [3.63, 3.8) is 0 Å². The quantitative estimate of drug-likeness (QED) is 0.367. The molecule has 0 bridgehead atoms. The van der Waals surface area contributed by atoms with Crippen LogP contribution in [0.2, 0.25) is 0 Å². The predicted molar refractivity (Wildman–Crippen MR) is 105 cm³/mol. The Kier molecular flexibility index (Phi) is 13.2. The maximum absolute atomic E-state index is 4.56. The van der Waals surface area contributed by atoms with Crippen molar-refractivity contribution >= 4 is 29.9 Å². The van der Waals surface area contributed by atoms with Crippen LogP contribution in [0.15, 0.2) is 29.4 Å². The summed E-state index contributed by atoms with van der Waals surface area (Å²) in [6, 6.07) is 5.90. The lowest BCUT2D eigenvalue weighted by atomic mass is 10.3. The minimum Gasteiger partial charge on any atom is -0.357 e. The van der Waals surface area contributed by atoms with E-state index in [1.165, 1.54) is 12.8 Å². The third kappa shape index (κ3) is 9.94. The fourth-order valence-electron chi connectivity index (χ4n) is 1.90. The van der Waals surface area contributed by atoms with E-state index in [0.717, 1.165) is 37.8 Å². The molecule has 0 radical (unpaired) electrons. The molecule has 0 saturated carbocycles. The summed E-state index contributed by atoms with van der Waals surface area (Å²) in [5.74, 6) is 0.854. The number of nitrogens with one attached hydrogen (secondary N) is 2. The average Bonchev–Trinajstić information content (AvgIpc) is 2.51. The summed E-state index contributed by atoms with van der Waals surface area (Å²) in [4.78, 5) is 11.2. The number of unbranched alkanes of at least 4 members (excludes halogenated alkanes) is 1. The summed E-state index contributed by atoms with van der Waals surface area (Å²) in [7, 11) is 2.16. The highest BCUT2D eigenvalue weighted by Gasteiger charge is 2.00. The monoisotopic (exact) mass is 419 g/mol. The highest BCUT2D eigenvalue weighted by molar-refractivity contribution is 14.0. The first kappa shape index (κ1) is 21.1. The Morgan fingerprint density at radius 3 is 2.68 bits per heavy atom. The maximum atomic E-state index is 4.56. The molecule has 2 N–H and O–H groups in total. The number of likely N-dealkylation sites (N-methyl/N-ethyl adjacent to an activating group) is 1. The van der Waals surface area contributed by atoms with Crippen LogP contribution in [-0.4, -0.2) is 49.1 Å². The van der Waals surface area contributed by atoms with Gasteiger partial charge in [0.2, 0.25) is 0 Å². The van der Waals surface area contributed by atoms with Crippen LogP contribution in [0.4, 0.5) is 0 Å². The minimum absolute atomic E-state index is 0. The van der Waals surface area contributed by atoms with Gasteiger partial charge in [0.15, 0.2) is 5.96 Å². The van der Waals surface area contributed by atoms with E-state index in [1.54, 1.807) is 6.20 Å². The fraction of sp³-hybridized carbons (Fsp3) is 0.625. The lowest BCUT2D eigenvalue weighted by molar-refractivity contribution is 0.332. The van der Waals surface area contributed by atoms with E-state index in [9.17, 15) is 0 Å². The SMILES string of the molecule is CCCCN(C)CCNC(=NCc1ccccn1)NCC.I. The summed E-state index contributed by atoms with van der Waals surface area (Å²) < 4.78 is 0. The molecule has 0 atom stereocenters. The van der Waals surface area contributed by atoms with Gasteiger partial charge < -0.3 is 15.5 Å². The molecule has 5 nitrogen and oxygen atoms in total. The molecule has 0 unspecified atom stereocenters. The molecular formula is C16H30IN5. The third-order valence-corrected chi connectivity index (χ3v) is 3.15. The van der Waals surface area contributed by atoms with Crippen molar-refractivity contribution in [3.8, 4) is 0 Å². The molecule has 0 saturated heterocycles. The van der Waals surface area contributed by atoms with Gasteiger partial charge in [-0.05, 0) is 39.1 Å². The maximum Gasteiger partial charge on any atom is 0.191 e. The van der Waals surface area contributed by atoms with Gasteiger partial charge in [-0.15, -0.1) is 24.0 Å². The molecule has 0 aliphatic heterocycles. The third-order valence-electron chi connectivity index (χ3n) is 3.15. The number of nitrogens with zero attached hydrogens (tertiary/aromatic N) is 3. The summed E-state index contributed by atoms with van der Waals surface area (Å²) in [5.41, 5.74) is 0.981. The standard InChI is InChI=1S/C16H29N5.HI/c1-4-6-12-21(3)13-11-19-16(17-5-2)20-14-15-9-7-8-10-18-15;/h7-10H,4-6,11-14H2,1-3H3,(H2,17,19,20);1H. The zero-order chi connectivity index (χ0) is 15.3. The molecule has 0 spiro atoms. The van der Waals surface area contributed by atoms with Crippen molar-refractivity contribution < 1.29 is 0 Å². The zero-order valence-electron chi connectivity index (χ0n) is 14.0. The van der Waals surface area contributed by atoms with E-state index in [4.69, 9.17) is 0 Å². The van der Waals surface area contributed by atoms with Crippen LogP contribution in [-0.2, 0) is 6.54 Å². The molecule has 22 heavy (non-hydrogen) atoms. The van der Waals surface area contributed by atoms with Crippen LogP contribution in [0.5, 0.6) is 0 Å². The Balaban J connectivity index is 0.00000441. The van der Waals surface area contributed by atoms with Gasteiger partial charge in [0.1, 0.15) is 0 Å². The van der Waals surface area contributed by atoms with Gasteiger partial charge in [-0.2, -0.15) is 0 Å². The lowest BCUT2D eigenvalue weighted by Gasteiger charge is -2.17. The van der Waals surface area contributed by atoms with Crippen LogP contribution in [0.1, 0.15) is 32.4 Å². The first-order valence-electron chi connectivity index (χ1n) is 7.86. The second-order valence-corrected chi connectivity index (χ2v) is 5.10. The zero-order valence-corrected chi connectivity index (χ0v) is 16.3. The molecular weight excluding hydrogens is 389 g/mol. The molecule has 0 aliphatic rings. The smallest absolute Gasteiger partial charge is 0.191 e. The fourth-order valence-corrected chi connectivity index (χ4v) is 1.90. The van der Waals surface area contributed by atoms with Crippen LogP contribution < -0.4 is 10.6 Å². The van der Waals surface area contributed by atoms with Crippen LogP contribution in [0, 0.1) is 0 Å². The van der Waals surface area contributed by atoms with Crippen molar-refractivity contribution in [2.24, 2.45) is 4.99 Å². The van der Waals surface area contributed by atoms with Gasteiger partial charge in [-0.3, -0.25) is 4.98 Å². The van der Waals surface area contributed by atoms with E-state index >= 15 is 0 Å². The Bertz CT molecular complexity index is 397. The van der Waals surface area contributed by atoms with E-state index in [-0.39, 0.29) is 24.0 Å². The Morgan fingerprint density at radius 1 is 1.23 bits per heavy atom. The number of guanidine groups is 1. The molecule has 1 rings (SSSR count). The van der Waals surface area contributed by atoms with Crippen molar-refractivity contribution in [2.45, 2.75) is 33.2 Å². The number of aromatic nitrogens is 1. The van der Waals surface area contributed by atoms with Gasteiger partial charge in [-0.1, -0.05) is 19.4 Å². The van der Waals surface area contributed by atoms with Gasteiger partial charge in [0, 0.05) is 25.8 Å². The van der Waals surface area contributed by atoms with Crippen LogP contribution in [0.25, 0.3) is 0 Å². The second-order valence-electron chi connectivity index (χ2n) is 5.10. The Morgan fingerprint density at radius 2 is 2.05 bits per heavy atom. The molecule has 126 valence electrons. The molecule has 6 heteroatoms. The lowest BCUT2D eigenvalue weighted by Crippen LogP contribution is -2.41. The normalized spacial score (nSPS) is 11.2. The first-order valence-corrected chi connectivity index (χ1v) is 7.86. The number of halogens is 1. The van der Waals surface area contributed by atoms with Gasteiger partial charge in [-0.25, -0.2) is 4.99 Å². The summed E-state index contributed by atoms with van der Waals surface area (Å²) in [5, 5.41) is 6.63. The number of hydrogen-bond acceptors (Lipinski definition) is 3. The molecule has 1 aromatic rings. The van der Waals surface area contributed by atoms with E-state index in [2.05, 4.69) is 46.4 Å². The van der Waals surface area contributed by atoms with Gasteiger partial charge in [0.25, 0.3) is 0 Å². The predicted octanol–water partition coefficient (Wildman–Crippen LogP) is 2.49. The average molecular weight is 419 g/mol. The molecule has 0 aliphatic carbocycles. The van der Waals surface area contributed by atoms with E-state index in [0.29, 0.717) is 6.54 Å². The highest BCUT2D eigenvalue weighted by atomic mass is 127. The summed E-state index contributed by atoms with van der Waals surface area (Å²) >= 11 is 0. The highest BCUT2D eigenvalue weighted by Crippen LogP contribution is 1.95. The van der Waals surface area contributed by atoms with Crippen LogP contribution in [0.3, 0.4) is 0 Å². The summed E-state index contributed by atoms with van der Waals surface area (Å²) in [6.07, 6.45) is 4.30. The van der Waals surface area contributed by atoms with Crippen molar-refractivity contribution in [2.75, 3.05) is 33.2 Å².